The standard InChI is InChI=1S/C14H24N2O3/c1-4-11-12(17)16(8-5-9-19-3)14(2,10-6-7-10)13(18)15-11/h10-11H,4-9H2,1-3H3,(H,15,18). The van der Waals surface area contributed by atoms with E-state index >= 15 is 0 Å². The normalized spacial score (nSPS) is 31.5. The number of ether oxygens (including phenoxy) is 1. The highest BCUT2D eigenvalue weighted by Crippen LogP contribution is 2.44. The van der Waals surface area contributed by atoms with Gasteiger partial charge in [0, 0.05) is 20.3 Å². The van der Waals surface area contributed by atoms with Gasteiger partial charge in [0.25, 0.3) is 0 Å². The molecule has 1 saturated carbocycles. The summed E-state index contributed by atoms with van der Waals surface area (Å²) in [6, 6.07) is -0.359. The first kappa shape index (κ1) is 14.3. The molecule has 5 nitrogen and oxygen atoms in total. The molecule has 0 aromatic heterocycles. The number of nitrogens with zero attached hydrogens (tertiary/aromatic N) is 1. The summed E-state index contributed by atoms with van der Waals surface area (Å²) >= 11 is 0. The Balaban J connectivity index is 2.18. The van der Waals surface area contributed by atoms with Crippen LogP contribution in [0.5, 0.6) is 0 Å². The molecule has 0 aromatic carbocycles. The van der Waals surface area contributed by atoms with Crippen LogP contribution in [0.25, 0.3) is 0 Å². The smallest absolute Gasteiger partial charge is 0.246 e. The van der Waals surface area contributed by atoms with E-state index in [9.17, 15) is 9.59 Å². The zero-order valence-electron chi connectivity index (χ0n) is 12.1. The molecule has 0 spiro atoms. The van der Waals surface area contributed by atoms with Crippen molar-refractivity contribution in [2.75, 3.05) is 20.3 Å². The molecule has 1 N–H and O–H groups in total. The van der Waals surface area contributed by atoms with Gasteiger partial charge < -0.3 is 15.0 Å². The second kappa shape index (κ2) is 5.49. The van der Waals surface area contributed by atoms with E-state index in [0.29, 0.717) is 25.5 Å². The Labute approximate surface area is 114 Å². The third-order valence-electron chi connectivity index (χ3n) is 4.40. The molecule has 0 radical (unpaired) electrons. The number of rotatable bonds is 6. The Hall–Kier alpha value is -1.10. The van der Waals surface area contributed by atoms with Crippen molar-refractivity contribution in [3.63, 3.8) is 0 Å². The summed E-state index contributed by atoms with van der Waals surface area (Å²) in [6.07, 6.45) is 3.49. The third kappa shape index (κ3) is 2.48. The van der Waals surface area contributed by atoms with Gasteiger partial charge in [0.1, 0.15) is 11.6 Å². The van der Waals surface area contributed by atoms with Crippen molar-refractivity contribution < 1.29 is 14.3 Å². The van der Waals surface area contributed by atoms with Crippen LogP contribution < -0.4 is 5.32 Å². The number of nitrogens with one attached hydrogen (secondary N) is 1. The van der Waals surface area contributed by atoms with Crippen molar-refractivity contribution >= 4 is 11.8 Å². The van der Waals surface area contributed by atoms with Gasteiger partial charge in [-0.25, -0.2) is 0 Å². The topological polar surface area (TPSA) is 58.6 Å². The number of amides is 2. The van der Waals surface area contributed by atoms with E-state index < -0.39 is 5.54 Å². The van der Waals surface area contributed by atoms with Crippen molar-refractivity contribution in [3.8, 4) is 0 Å². The van der Waals surface area contributed by atoms with Gasteiger partial charge in [-0.15, -0.1) is 0 Å². The van der Waals surface area contributed by atoms with Gasteiger partial charge in [-0.1, -0.05) is 6.92 Å². The van der Waals surface area contributed by atoms with Gasteiger partial charge >= 0.3 is 0 Å². The van der Waals surface area contributed by atoms with Gasteiger partial charge in [-0.2, -0.15) is 0 Å². The van der Waals surface area contributed by atoms with Crippen LogP contribution in [0, 0.1) is 5.92 Å². The van der Waals surface area contributed by atoms with Gasteiger partial charge in [0.2, 0.25) is 11.8 Å². The molecule has 2 amide bonds. The van der Waals surface area contributed by atoms with E-state index in [2.05, 4.69) is 5.32 Å². The minimum absolute atomic E-state index is 0.0128. The predicted octanol–water partition coefficient (Wildman–Crippen LogP) is 0.929. The summed E-state index contributed by atoms with van der Waals surface area (Å²) in [6.45, 7) is 5.05. The van der Waals surface area contributed by atoms with Crippen LogP contribution in [0.3, 0.4) is 0 Å². The van der Waals surface area contributed by atoms with Crippen LogP contribution in [-0.4, -0.2) is 48.6 Å². The number of piperazine rings is 1. The molecule has 1 saturated heterocycles. The van der Waals surface area contributed by atoms with E-state index in [1.54, 1.807) is 12.0 Å². The number of carbonyl (C=O) groups is 2. The largest absolute Gasteiger partial charge is 0.385 e. The van der Waals surface area contributed by atoms with Crippen molar-refractivity contribution in [1.82, 2.24) is 10.2 Å². The Morgan fingerprint density at radius 3 is 2.63 bits per heavy atom. The lowest BCUT2D eigenvalue weighted by Gasteiger charge is -2.46. The van der Waals surface area contributed by atoms with Crippen LogP contribution >= 0.6 is 0 Å². The zero-order chi connectivity index (χ0) is 14.0. The molecule has 2 unspecified atom stereocenters. The molecule has 1 aliphatic heterocycles. The summed E-state index contributed by atoms with van der Waals surface area (Å²) in [7, 11) is 1.65. The Morgan fingerprint density at radius 2 is 2.11 bits per heavy atom. The third-order valence-corrected chi connectivity index (χ3v) is 4.40. The fourth-order valence-electron chi connectivity index (χ4n) is 2.94. The fourth-order valence-corrected chi connectivity index (χ4v) is 2.94. The van der Waals surface area contributed by atoms with Crippen LogP contribution in [0.4, 0.5) is 0 Å². The molecule has 19 heavy (non-hydrogen) atoms. The monoisotopic (exact) mass is 268 g/mol. The number of hydrogen-bond acceptors (Lipinski definition) is 3. The highest BCUT2D eigenvalue weighted by Gasteiger charge is 2.56. The maximum atomic E-state index is 12.5. The van der Waals surface area contributed by atoms with Crippen LogP contribution in [0.15, 0.2) is 0 Å². The molecule has 2 atom stereocenters. The highest BCUT2D eigenvalue weighted by molar-refractivity contribution is 6.00. The van der Waals surface area contributed by atoms with Gasteiger partial charge in [0.05, 0.1) is 0 Å². The van der Waals surface area contributed by atoms with Gasteiger partial charge in [0.15, 0.2) is 0 Å². The lowest BCUT2D eigenvalue weighted by Crippen LogP contribution is -2.70. The zero-order valence-corrected chi connectivity index (χ0v) is 12.1. The molecule has 108 valence electrons. The average Bonchev–Trinajstić information content (AvgIpc) is 3.22. The van der Waals surface area contributed by atoms with E-state index in [1.807, 2.05) is 13.8 Å². The molecule has 5 heteroatoms. The Bertz CT molecular complexity index is 368. The Morgan fingerprint density at radius 1 is 1.42 bits per heavy atom. The molecular formula is C14H24N2O3. The summed E-state index contributed by atoms with van der Waals surface area (Å²) < 4.78 is 5.05. The second-order valence-electron chi connectivity index (χ2n) is 5.69. The predicted molar refractivity (Wildman–Crippen MR) is 71.6 cm³/mol. The summed E-state index contributed by atoms with van der Waals surface area (Å²) in [5, 5.41) is 2.89. The first-order chi connectivity index (χ1) is 9.05. The molecule has 2 rings (SSSR count). The van der Waals surface area contributed by atoms with E-state index in [-0.39, 0.29) is 17.9 Å². The van der Waals surface area contributed by atoms with Crippen LogP contribution in [0.1, 0.15) is 39.5 Å². The molecule has 2 aliphatic rings. The quantitative estimate of drug-likeness (QED) is 0.729. The minimum atomic E-state index is -0.656. The van der Waals surface area contributed by atoms with Crippen LogP contribution in [-0.2, 0) is 14.3 Å². The number of hydrogen-bond donors (Lipinski definition) is 1. The summed E-state index contributed by atoms with van der Waals surface area (Å²) in [4.78, 5) is 26.7. The highest BCUT2D eigenvalue weighted by atomic mass is 16.5. The lowest BCUT2D eigenvalue weighted by atomic mass is 9.87. The first-order valence-electron chi connectivity index (χ1n) is 7.17. The van der Waals surface area contributed by atoms with Crippen molar-refractivity contribution in [1.29, 1.82) is 0 Å². The fraction of sp³-hybridized carbons (Fsp3) is 0.857. The number of carbonyl (C=O) groups excluding carboxylic acids is 2. The second-order valence-corrected chi connectivity index (χ2v) is 5.69. The van der Waals surface area contributed by atoms with Gasteiger partial charge in [-0.3, -0.25) is 9.59 Å². The van der Waals surface area contributed by atoms with E-state index in [1.165, 1.54) is 0 Å². The molecular weight excluding hydrogens is 244 g/mol. The van der Waals surface area contributed by atoms with E-state index in [4.69, 9.17) is 4.74 Å². The maximum absolute atomic E-state index is 12.5. The van der Waals surface area contributed by atoms with E-state index in [0.717, 1.165) is 19.3 Å². The van der Waals surface area contributed by atoms with Crippen LogP contribution in [0.2, 0.25) is 0 Å². The molecule has 1 aliphatic carbocycles. The lowest BCUT2D eigenvalue weighted by molar-refractivity contribution is -0.158. The van der Waals surface area contributed by atoms with Crippen molar-refractivity contribution in [2.24, 2.45) is 5.92 Å². The summed E-state index contributed by atoms with van der Waals surface area (Å²) in [5.74, 6) is 0.392. The number of methoxy groups -OCH3 is 1. The van der Waals surface area contributed by atoms with Crippen molar-refractivity contribution in [2.45, 2.75) is 51.1 Å². The SMILES string of the molecule is CCC1NC(=O)C(C)(C2CC2)N(CCCOC)C1=O. The minimum Gasteiger partial charge on any atom is -0.385 e. The van der Waals surface area contributed by atoms with Crippen molar-refractivity contribution in [3.05, 3.63) is 0 Å². The molecule has 2 fully saturated rings. The Kier molecular flexibility index (Phi) is 4.13. The van der Waals surface area contributed by atoms with Gasteiger partial charge in [-0.05, 0) is 38.5 Å². The molecule has 0 bridgehead atoms. The maximum Gasteiger partial charge on any atom is 0.246 e. The molecule has 0 aromatic rings. The average molecular weight is 268 g/mol. The summed E-state index contributed by atoms with van der Waals surface area (Å²) in [5.41, 5.74) is -0.656. The first-order valence-corrected chi connectivity index (χ1v) is 7.17. The molecule has 1 heterocycles.